The number of fused-ring (bicyclic) bond motifs is 1. The van der Waals surface area contributed by atoms with Crippen LogP contribution in [0.3, 0.4) is 0 Å². The Morgan fingerprint density at radius 1 is 1.05 bits per heavy atom. The van der Waals surface area contributed by atoms with Gasteiger partial charge in [-0.15, -0.1) is 6.58 Å². The monoisotopic (exact) mass is 799 g/mol. The average Bonchev–Trinajstić information content (AvgIpc) is 3.59. The molecule has 1 unspecified atom stereocenters. The van der Waals surface area contributed by atoms with Gasteiger partial charge in [0.1, 0.15) is 11.6 Å². The zero-order valence-corrected chi connectivity index (χ0v) is 27.7. The van der Waals surface area contributed by atoms with Gasteiger partial charge in [-0.05, 0) is 56.5 Å². The van der Waals surface area contributed by atoms with Gasteiger partial charge in [-0.1, -0.05) is 36.4 Å². The normalized spacial score (nSPS) is 12.9. The van der Waals surface area contributed by atoms with E-state index in [1.54, 1.807) is 6.07 Å². The fourth-order valence-electron chi connectivity index (χ4n) is 4.99. The summed E-state index contributed by atoms with van der Waals surface area (Å²) in [5, 5.41) is 0.893. The van der Waals surface area contributed by atoms with E-state index >= 15 is 8.78 Å². The molecule has 40 heavy (non-hydrogen) atoms. The van der Waals surface area contributed by atoms with Gasteiger partial charge in [0.25, 0.3) is 0 Å². The first-order chi connectivity index (χ1) is 19.3. The number of aryl methyl sites for hydroxylation is 1. The van der Waals surface area contributed by atoms with Crippen LogP contribution in [0.5, 0.6) is 11.5 Å². The van der Waals surface area contributed by atoms with Gasteiger partial charge in [0.05, 0.1) is 23.0 Å². The van der Waals surface area contributed by atoms with Crippen LogP contribution < -0.4 is 4.74 Å². The maximum Gasteiger partial charge on any atom is 0.168 e. The van der Waals surface area contributed by atoms with Crippen molar-refractivity contribution in [3.8, 4) is 22.9 Å². The zero-order valence-electron chi connectivity index (χ0n) is 21.7. The van der Waals surface area contributed by atoms with Crippen LogP contribution >= 0.6 is 60.6 Å². The minimum atomic E-state index is -0.478. The minimum absolute atomic E-state index is 0.120. The van der Waals surface area contributed by atoms with Crippen molar-refractivity contribution in [1.82, 2.24) is 12.9 Å². The lowest BCUT2D eigenvalue weighted by Crippen LogP contribution is -2.26. The fourth-order valence-corrected chi connectivity index (χ4v) is 8.08. The molecule has 0 spiro atoms. The Balaban J connectivity index is 1.57. The van der Waals surface area contributed by atoms with Crippen LogP contribution in [0, 0.1) is 18.6 Å². The third-order valence-electron chi connectivity index (χ3n) is 7.20. The highest BCUT2D eigenvalue weighted by molar-refractivity contribution is 14.2. The number of hydrogen-bond acceptors (Lipinski definition) is 4. The van der Waals surface area contributed by atoms with Crippen LogP contribution in [-0.2, 0) is 5.41 Å². The van der Waals surface area contributed by atoms with Crippen LogP contribution in [0.4, 0.5) is 8.78 Å². The average molecular weight is 799 g/mol. The number of allylic oxidation sites excluding steroid dienone is 1. The molecule has 10 heteroatoms. The second-order valence-corrected chi connectivity index (χ2v) is 13.0. The summed E-state index contributed by atoms with van der Waals surface area (Å²) in [6, 6.07) is 18.1. The van der Waals surface area contributed by atoms with E-state index in [0.717, 1.165) is 35.0 Å². The summed E-state index contributed by atoms with van der Waals surface area (Å²) in [6.07, 6.45) is 7.25. The van der Waals surface area contributed by atoms with Crippen molar-refractivity contribution in [3.63, 3.8) is 0 Å². The minimum Gasteiger partial charge on any atom is -0.454 e. The van der Waals surface area contributed by atoms with Crippen LogP contribution in [0.1, 0.15) is 36.6 Å². The molecule has 0 N–H and O–H groups in total. The van der Waals surface area contributed by atoms with Crippen molar-refractivity contribution in [2.24, 2.45) is 0 Å². The van der Waals surface area contributed by atoms with E-state index in [1.807, 2.05) is 57.6 Å². The number of nitrogens with zero attached hydrogens (tertiary/aromatic N) is 3. The molecule has 1 atom stereocenters. The van der Waals surface area contributed by atoms with Crippen molar-refractivity contribution < 1.29 is 13.5 Å². The lowest BCUT2D eigenvalue weighted by Gasteiger charge is -2.30. The molecule has 5 aromatic rings. The lowest BCUT2D eigenvalue weighted by molar-refractivity contribution is 0.439. The molecule has 4 nitrogen and oxygen atoms in total. The third kappa shape index (κ3) is 5.43. The topological polar surface area (TPSA) is 32.0 Å². The molecule has 0 aliphatic rings. The highest BCUT2D eigenvalue weighted by Gasteiger charge is 2.33. The maximum atomic E-state index is 15.3. The van der Waals surface area contributed by atoms with E-state index in [2.05, 4.69) is 68.0 Å². The molecule has 206 valence electrons. The van der Waals surface area contributed by atoms with Gasteiger partial charge in [0.15, 0.2) is 17.4 Å². The number of ether oxygens (including phenoxy) is 1. The summed E-state index contributed by atoms with van der Waals surface area (Å²) in [5.41, 5.74) is 3.43. The van der Waals surface area contributed by atoms with Crippen molar-refractivity contribution in [2.75, 3.05) is 0 Å². The molecule has 5 rings (SSSR count). The number of hydrogen-bond donors (Lipinski definition) is 0. The highest BCUT2D eigenvalue weighted by atomic mass is 127. The molecule has 0 aliphatic carbocycles. The Morgan fingerprint density at radius 3 is 2.52 bits per heavy atom. The van der Waals surface area contributed by atoms with Gasteiger partial charge in [0.2, 0.25) is 0 Å². The highest BCUT2D eigenvalue weighted by Crippen LogP contribution is 2.43. The van der Waals surface area contributed by atoms with Crippen molar-refractivity contribution in [1.29, 1.82) is 0 Å². The Labute approximate surface area is 265 Å². The summed E-state index contributed by atoms with van der Waals surface area (Å²) in [4.78, 5) is 4.69. The van der Waals surface area contributed by atoms with Gasteiger partial charge in [-0.3, -0.25) is 7.94 Å². The van der Waals surface area contributed by atoms with Crippen LogP contribution in [0.15, 0.2) is 85.7 Å². The summed E-state index contributed by atoms with van der Waals surface area (Å²) < 4.78 is 40.5. The SMILES string of the molecule is C=CCCC(C)(c1ccccc1)c1cnc(-c2cc(Oc3c(F)cc4c(ccn4SI)c3C)ccc2F)n1SI. The molecular formula is C30H25F2I2N3OS2. The number of aromatic nitrogens is 3. The fraction of sp³-hybridized carbons (Fsp3) is 0.167. The summed E-state index contributed by atoms with van der Waals surface area (Å²) >= 11 is 4.36. The lowest BCUT2D eigenvalue weighted by atomic mass is 9.76. The zero-order chi connectivity index (χ0) is 28.4. The van der Waals surface area contributed by atoms with Gasteiger partial charge in [0, 0.05) is 89.3 Å². The number of imidazole rings is 1. The van der Waals surface area contributed by atoms with E-state index in [-0.39, 0.29) is 16.7 Å². The molecular weight excluding hydrogens is 774 g/mol. The molecule has 0 amide bonds. The van der Waals surface area contributed by atoms with E-state index in [4.69, 9.17) is 9.72 Å². The quantitative estimate of drug-likeness (QED) is 0.104. The Bertz CT molecular complexity index is 1690. The number of rotatable bonds is 10. The molecule has 0 radical (unpaired) electrons. The predicted molar refractivity (Wildman–Crippen MR) is 181 cm³/mol. The summed E-state index contributed by atoms with van der Waals surface area (Å²) in [5.74, 6) is -0.00902. The largest absolute Gasteiger partial charge is 0.454 e. The van der Waals surface area contributed by atoms with Gasteiger partial charge in [-0.2, -0.15) is 0 Å². The van der Waals surface area contributed by atoms with Gasteiger partial charge in [-0.25, -0.2) is 13.8 Å². The summed E-state index contributed by atoms with van der Waals surface area (Å²) in [6.45, 7) is 7.92. The number of halogens is 4. The molecule has 0 aliphatic heterocycles. The smallest absolute Gasteiger partial charge is 0.168 e. The number of benzene rings is 3. The Kier molecular flexibility index (Phi) is 9.17. The second kappa shape index (κ2) is 12.5. The van der Waals surface area contributed by atoms with Crippen molar-refractivity contribution in [3.05, 3.63) is 114 Å². The van der Waals surface area contributed by atoms with E-state index in [0.29, 0.717) is 17.1 Å². The molecule has 0 fully saturated rings. The summed E-state index contributed by atoms with van der Waals surface area (Å²) in [7, 11) is 2.90. The molecule has 2 heterocycles. The second-order valence-electron chi connectivity index (χ2n) is 9.56. The van der Waals surface area contributed by atoms with Crippen LogP contribution in [0.2, 0.25) is 0 Å². The van der Waals surface area contributed by atoms with Crippen molar-refractivity contribution in [2.45, 2.75) is 32.1 Å². The molecule has 3 aromatic carbocycles. The first kappa shape index (κ1) is 29.5. The molecule has 0 saturated carbocycles. The van der Waals surface area contributed by atoms with Crippen molar-refractivity contribution >= 4 is 71.6 Å². The Morgan fingerprint density at radius 2 is 1.82 bits per heavy atom. The molecule has 2 aromatic heterocycles. The van der Waals surface area contributed by atoms with Crippen LogP contribution in [-0.4, -0.2) is 12.9 Å². The van der Waals surface area contributed by atoms with E-state index in [9.17, 15) is 0 Å². The maximum absolute atomic E-state index is 15.3. The predicted octanol–water partition coefficient (Wildman–Crippen LogP) is 10.8. The van der Waals surface area contributed by atoms with Crippen LogP contribution in [0.25, 0.3) is 22.3 Å². The first-order valence-electron chi connectivity index (χ1n) is 12.4. The molecule has 0 bridgehead atoms. The Hall–Kier alpha value is -2.03. The van der Waals surface area contributed by atoms with Gasteiger partial charge < -0.3 is 4.74 Å². The van der Waals surface area contributed by atoms with Gasteiger partial charge >= 0.3 is 0 Å². The first-order valence-corrected chi connectivity index (χ1v) is 19.1. The van der Waals surface area contributed by atoms with E-state index < -0.39 is 11.6 Å². The molecule has 0 saturated heterocycles. The third-order valence-corrected chi connectivity index (χ3v) is 10.6. The standard InChI is InChI=1S/C30H25F2I2N3OS2/c1-4-5-14-30(3,20-9-7-6-8-10-20)27-18-35-29(37(27)40-34)23-16-21(11-12-24(23)31)38-28-19(2)22-13-15-36(39-33)26(22)17-25(28)32/h4,6-13,15-18H,1,5,14H2,2-3H3. The van der Waals surface area contributed by atoms with E-state index in [1.165, 1.54) is 36.4 Å².